The molecule has 152 valence electrons. The number of rotatable bonds is 14. The molecule has 0 aliphatic carbocycles. The zero-order chi connectivity index (χ0) is 20.7. The summed E-state index contributed by atoms with van der Waals surface area (Å²) in [5, 5.41) is 14.2. The molecule has 0 rings (SSSR count). The Morgan fingerprint density at radius 1 is 1.33 bits per heavy atom. The largest absolute Gasteiger partial charge is 0.480 e. The Hall–Kier alpha value is -1.66. The van der Waals surface area contributed by atoms with Gasteiger partial charge in [-0.1, -0.05) is 39.0 Å². The summed E-state index contributed by atoms with van der Waals surface area (Å²) in [6.45, 7) is 7.98. The van der Waals surface area contributed by atoms with E-state index in [0.29, 0.717) is 12.8 Å². The molecule has 5 nitrogen and oxygen atoms in total. The fourth-order valence-electron chi connectivity index (χ4n) is 2.48. The number of carbonyl (C=O) groups is 2. The van der Waals surface area contributed by atoms with Crippen LogP contribution < -0.4 is 5.32 Å². The van der Waals surface area contributed by atoms with E-state index in [9.17, 15) is 14.7 Å². The monoisotopic (exact) mass is 394 g/mol. The third-order valence-electron chi connectivity index (χ3n) is 3.72. The summed E-state index contributed by atoms with van der Waals surface area (Å²) in [6.07, 6.45) is 13.3. The van der Waals surface area contributed by atoms with Crippen molar-refractivity contribution in [3.8, 4) is 0 Å². The Bertz CT molecular complexity index is 566. The first-order valence-electron chi connectivity index (χ1n) is 9.38. The number of nitrogens with zero attached hydrogens (tertiary/aromatic N) is 1. The Morgan fingerprint density at radius 3 is 2.52 bits per heavy atom. The van der Waals surface area contributed by atoms with Crippen molar-refractivity contribution in [3.63, 3.8) is 0 Å². The van der Waals surface area contributed by atoms with Gasteiger partial charge in [-0.3, -0.25) is 15.1 Å². The Balaban J connectivity index is 5.20. The molecule has 0 aromatic rings. The van der Waals surface area contributed by atoms with Crippen molar-refractivity contribution in [2.45, 2.75) is 65.5 Å². The predicted octanol–water partition coefficient (Wildman–Crippen LogP) is 4.61. The summed E-state index contributed by atoms with van der Waals surface area (Å²) >= 11 is 1.51. The van der Waals surface area contributed by atoms with Crippen molar-refractivity contribution in [3.05, 3.63) is 34.9 Å². The third-order valence-corrected chi connectivity index (χ3v) is 4.23. The third kappa shape index (κ3) is 12.4. The first kappa shape index (κ1) is 25.3. The van der Waals surface area contributed by atoms with Gasteiger partial charge in [-0.05, 0) is 49.3 Å². The summed E-state index contributed by atoms with van der Waals surface area (Å²) in [5.74, 6) is -0.715. The lowest BCUT2D eigenvalue weighted by Crippen LogP contribution is -2.45. The molecule has 0 heterocycles. The Kier molecular flexibility index (Phi) is 14.5. The second-order valence-corrected chi connectivity index (χ2v) is 7.40. The Morgan fingerprint density at radius 2 is 2.04 bits per heavy atom. The minimum absolute atomic E-state index is 0.221. The van der Waals surface area contributed by atoms with Gasteiger partial charge >= 0.3 is 5.97 Å². The lowest BCUT2D eigenvalue weighted by molar-refractivity contribution is -0.140. The number of aliphatic carboxylic acids is 1. The highest BCUT2D eigenvalue weighted by Crippen LogP contribution is 2.14. The molecule has 2 atom stereocenters. The lowest BCUT2D eigenvalue weighted by Gasteiger charge is -2.21. The molecule has 0 radical (unpaired) electrons. The molecule has 0 bridgehead atoms. The van der Waals surface area contributed by atoms with Crippen LogP contribution in [0.15, 0.2) is 39.9 Å². The smallest absolute Gasteiger partial charge is 0.320 e. The highest BCUT2D eigenvalue weighted by Gasteiger charge is 2.22. The zero-order valence-electron chi connectivity index (χ0n) is 17.1. The SMILES string of the molecule is C/C=C\CC(/C=N/C(=C\SC)C[C@@H](C=O)NC(CC(C)C)C(=O)O)=C\CC. The molecule has 2 N–H and O–H groups in total. The normalized spacial score (nSPS) is 15.6. The van der Waals surface area contributed by atoms with Gasteiger partial charge in [-0.15, -0.1) is 11.8 Å². The molecule has 0 aliphatic rings. The summed E-state index contributed by atoms with van der Waals surface area (Å²) in [5.41, 5.74) is 1.87. The number of allylic oxidation sites excluding steroid dienone is 4. The predicted molar refractivity (Wildman–Crippen MR) is 116 cm³/mol. The minimum Gasteiger partial charge on any atom is -0.480 e. The minimum atomic E-state index is -0.936. The average Bonchev–Trinajstić information content (AvgIpc) is 2.61. The summed E-state index contributed by atoms with van der Waals surface area (Å²) in [6, 6.07) is -1.33. The van der Waals surface area contributed by atoms with Crippen molar-refractivity contribution in [2.75, 3.05) is 6.26 Å². The van der Waals surface area contributed by atoms with Crippen molar-refractivity contribution in [2.24, 2.45) is 10.9 Å². The fraction of sp³-hybridized carbons (Fsp3) is 0.571. The van der Waals surface area contributed by atoms with E-state index >= 15 is 0 Å². The van der Waals surface area contributed by atoms with E-state index < -0.39 is 18.1 Å². The van der Waals surface area contributed by atoms with Crippen LogP contribution in [0.4, 0.5) is 0 Å². The maximum Gasteiger partial charge on any atom is 0.320 e. The molecular weight excluding hydrogens is 360 g/mol. The first-order chi connectivity index (χ1) is 12.9. The topological polar surface area (TPSA) is 78.8 Å². The van der Waals surface area contributed by atoms with Gasteiger partial charge in [-0.2, -0.15) is 0 Å². The van der Waals surface area contributed by atoms with Gasteiger partial charge in [0.15, 0.2) is 0 Å². The summed E-state index contributed by atoms with van der Waals surface area (Å²) < 4.78 is 0. The highest BCUT2D eigenvalue weighted by atomic mass is 32.2. The van der Waals surface area contributed by atoms with Crippen molar-refractivity contribution >= 4 is 30.2 Å². The standard InChI is InChI=1S/C21H34N2O3S/c1-6-8-10-17(9-7-2)13-22-19(15-27-5)12-18(14-24)23-20(21(25)26)11-16(3)4/h6,8-9,13-16,18,20,23H,7,10-12H2,1-5H3,(H,25,26)/b8-6-,17-9+,19-15-,22-13+/t18-,20?/m0/s1. The molecular formula is C21H34N2O3S. The molecule has 1 unspecified atom stereocenters. The van der Waals surface area contributed by atoms with E-state index in [0.717, 1.165) is 30.4 Å². The number of aldehydes is 1. The number of carbonyl (C=O) groups excluding carboxylic acids is 1. The summed E-state index contributed by atoms with van der Waals surface area (Å²) in [7, 11) is 0. The van der Waals surface area contributed by atoms with Crippen LogP contribution >= 0.6 is 11.8 Å². The van der Waals surface area contributed by atoms with Crippen LogP contribution in [0.25, 0.3) is 0 Å². The van der Waals surface area contributed by atoms with Crippen LogP contribution in [0, 0.1) is 5.92 Å². The van der Waals surface area contributed by atoms with Crippen LogP contribution in [0.2, 0.25) is 0 Å². The van der Waals surface area contributed by atoms with E-state index in [4.69, 9.17) is 0 Å². The fourth-order valence-corrected chi connectivity index (χ4v) is 2.91. The van der Waals surface area contributed by atoms with Crippen LogP contribution in [-0.2, 0) is 9.59 Å². The number of hydrogen-bond acceptors (Lipinski definition) is 5. The van der Waals surface area contributed by atoms with Gasteiger partial charge < -0.3 is 9.90 Å². The van der Waals surface area contributed by atoms with Crippen molar-refractivity contribution < 1.29 is 14.7 Å². The van der Waals surface area contributed by atoms with E-state index in [2.05, 4.69) is 29.4 Å². The van der Waals surface area contributed by atoms with E-state index in [1.807, 2.05) is 44.7 Å². The number of carboxylic acid groups (broad SMARTS) is 1. The molecule has 27 heavy (non-hydrogen) atoms. The van der Waals surface area contributed by atoms with E-state index in [1.54, 1.807) is 0 Å². The van der Waals surface area contributed by atoms with Crippen LogP contribution in [0.1, 0.15) is 53.4 Å². The van der Waals surface area contributed by atoms with E-state index in [-0.39, 0.29) is 5.92 Å². The number of aliphatic imine (C=N–C) groups is 1. The number of thioether (sulfide) groups is 1. The van der Waals surface area contributed by atoms with Gasteiger partial charge in [-0.25, -0.2) is 0 Å². The van der Waals surface area contributed by atoms with Gasteiger partial charge in [0.2, 0.25) is 0 Å². The lowest BCUT2D eigenvalue weighted by atomic mass is 10.0. The molecule has 0 saturated carbocycles. The van der Waals surface area contributed by atoms with Gasteiger partial charge in [0.25, 0.3) is 0 Å². The molecule has 0 aromatic carbocycles. The second-order valence-electron chi connectivity index (χ2n) is 6.70. The maximum absolute atomic E-state index is 11.5. The number of nitrogens with one attached hydrogen (secondary N) is 1. The van der Waals surface area contributed by atoms with Crippen molar-refractivity contribution in [1.82, 2.24) is 5.32 Å². The molecule has 0 amide bonds. The molecule has 0 fully saturated rings. The van der Waals surface area contributed by atoms with Crippen LogP contribution in [0.3, 0.4) is 0 Å². The first-order valence-corrected chi connectivity index (χ1v) is 10.7. The maximum atomic E-state index is 11.5. The van der Waals surface area contributed by atoms with Crippen LogP contribution in [0.5, 0.6) is 0 Å². The molecule has 0 spiro atoms. The number of hydrogen-bond donors (Lipinski definition) is 2. The second kappa shape index (κ2) is 15.4. The molecule has 6 heteroatoms. The van der Waals surface area contributed by atoms with Gasteiger partial charge in [0.1, 0.15) is 12.3 Å². The van der Waals surface area contributed by atoms with Crippen LogP contribution in [-0.4, -0.2) is 41.9 Å². The Labute approximate surface area is 168 Å². The highest BCUT2D eigenvalue weighted by molar-refractivity contribution is 8.01. The summed E-state index contributed by atoms with van der Waals surface area (Å²) in [4.78, 5) is 27.5. The quantitative estimate of drug-likeness (QED) is 0.255. The molecule has 0 aliphatic heterocycles. The molecule has 0 saturated heterocycles. The molecule has 0 aromatic heterocycles. The van der Waals surface area contributed by atoms with E-state index in [1.165, 1.54) is 11.8 Å². The van der Waals surface area contributed by atoms with Crippen molar-refractivity contribution in [1.29, 1.82) is 0 Å². The van der Waals surface area contributed by atoms with Gasteiger partial charge in [0, 0.05) is 18.3 Å². The number of carboxylic acids is 1. The zero-order valence-corrected chi connectivity index (χ0v) is 18.0. The average molecular weight is 395 g/mol. The van der Waals surface area contributed by atoms with Gasteiger partial charge in [0.05, 0.1) is 6.04 Å².